The quantitative estimate of drug-likeness (QED) is 0.353. The van der Waals surface area contributed by atoms with Crippen molar-refractivity contribution in [1.82, 2.24) is 15.5 Å². The van der Waals surface area contributed by atoms with Crippen molar-refractivity contribution in [1.29, 1.82) is 0 Å². The second-order valence-corrected chi connectivity index (χ2v) is 7.22. The molecule has 2 amide bonds. The minimum absolute atomic E-state index is 0.0964. The van der Waals surface area contributed by atoms with E-state index in [9.17, 15) is 14.0 Å². The van der Waals surface area contributed by atoms with Crippen LogP contribution in [0.1, 0.15) is 26.2 Å². The third-order valence-corrected chi connectivity index (χ3v) is 5.13. The Bertz CT molecular complexity index is 718. The van der Waals surface area contributed by atoms with Crippen LogP contribution < -0.4 is 20.3 Å². The molecule has 160 valence electrons. The summed E-state index contributed by atoms with van der Waals surface area (Å²) in [6, 6.07) is 5.09. The van der Waals surface area contributed by atoms with E-state index in [0.29, 0.717) is 30.3 Å². The first-order valence-electron chi connectivity index (χ1n) is 9.90. The Kier molecular flexibility index (Phi) is 8.92. The Hall–Kier alpha value is -2.61. The third-order valence-electron chi connectivity index (χ3n) is 5.13. The predicted octanol–water partition coefficient (Wildman–Crippen LogP) is 1.89. The van der Waals surface area contributed by atoms with E-state index < -0.39 is 0 Å². The minimum Gasteiger partial charge on any atom is -0.494 e. The van der Waals surface area contributed by atoms with Gasteiger partial charge in [0.05, 0.1) is 12.8 Å². The molecule has 29 heavy (non-hydrogen) atoms. The molecule has 0 unspecified atom stereocenters. The average molecular weight is 407 g/mol. The molecule has 0 bridgehead atoms. The number of anilines is 1. The molecule has 1 saturated heterocycles. The smallest absolute Gasteiger partial charge is 0.250 e. The molecule has 2 N–H and O–H groups in total. The highest BCUT2D eigenvalue weighted by molar-refractivity contribution is 5.92. The number of nitrogens with one attached hydrogen (secondary N) is 2. The van der Waals surface area contributed by atoms with Crippen LogP contribution >= 0.6 is 0 Å². The zero-order chi connectivity index (χ0) is 21.2. The number of halogens is 1. The summed E-state index contributed by atoms with van der Waals surface area (Å²) in [6.07, 6.45) is 4.79. The van der Waals surface area contributed by atoms with Gasteiger partial charge in [0.2, 0.25) is 6.41 Å². The van der Waals surface area contributed by atoms with Gasteiger partial charge in [0.1, 0.15) is 11.6 Å². The lowest BCUT2D eigenvalue weighted by Gasteiger charge is -2.34. The Morgan fingerprint density at radius 2 is 2.10 bits per heavy atom. The molecule has 7 nitrogen and oxygen atoms in total. The van der Waals surface area contributed by atoms with E-state index >= 15 is 0 Å². The number of piperidine rings is 1. The van der Waals surface area contributed by atoms with Gasteiger partial charge in [-0.2, -0.15) is 0 Å². The van der Waals surface area contributed by atoms with Crippen LogP contribution in [-0.2, 0) is 9.59 Å². The zero-order valence-corrected chi connectivity index (χ0v) is 17.4. The van der Waals surface area contributed by atoms with Gasteiger partial charge < -0.3 is 25.2 Å². The molecule has 0 spiro atoms. The monoisotopic (exact) mass is 406 g/mol. The molecule has 0 aromatic heterocycles. The van der Waals surface area contributed by atoms with Crippen LogP contribution in [-0.4, -0.2) is 63.6 Å². The average Bonchev–Trinajstić information content (AvgIpc) is 2.74. The van der Waals surface area contributed by atoms with Crippen LogP contribution in [0.25, 0.3) is 0 Å². The van der Waals surface area contributed by atoms with E-state index in [-0.39, 0.29) is 11.7 Å². The first-order chi connectivity index (χ1) is 14.0. The predicted molar refractivity (Wildman–Crippen MR) is 111 cm³/mol. The number of benzene rings is 1. The lowest BCUT2D eigenvalue weighted by Crippen LogP contribution is -2.43. The maximum Gasteiger partial charge on any atom is 0.250 e. The van der Waals surface area contributed by atoms with Gasteiger partial charge in [0.25, 0.3) is 5.91 Å². The summed E-state index contributed by atoms with van der Waals surface area (Å²) in [5, 5.41) is 5.95. The highest BCUT2D eigenvalue weighted by Crippen LogP contribution is 2.31. The van der Waals surface area contributed by atoms with Crippen molar-refractivity contribution < 1.29 is 18.7 Å². The Labute approximate surface area is 171 Å². The van der Waals surface area contributed by atoms with E-state index in [1.807, 2.05) is 0 Å². The molecule has 0 atom stereocenters. The molecular formula is C21H31FN4O3. The molecular weight excluding hydrogens is 375 g/mol. The molecule has 0 aliphatic carbocycles. The zero-order valence-electron chi connectivity index (χ0n) is 17.4. The van der Waals surface area contributed by atoms with Crippen molar-refractivity contribution in [2.75, 3.05) is 45.2 Å². The van der Waals surface area contributed by atoms with E-state index in [1.54, 1.807) is 32.0 Å². The van der Waals surface area contributed by atoms with Gasteiger partial charge >= 0.3 is 0 Å². The molecule has 2 rings (SSSR count). The number of carbonyl (C=O) groups is 2. The fourth-order valence-electron chi connectivity index (χ4n) is 3.48. The van der Waals surface area contributed by atoms with Gasteiger partial charge in [0.15, 0.2) is 0 Å². The van der Waals surface area contributed by atoms with E-state index in [4.69, 9.17) is 4.74 Å². The SMILES string of the molecule is COc1cc(F)ccc1N1CCC(NCCCN(C)C(=O)/C(C)=C\NC=O)CC1. The number of methoxy groups -OCH3 is 1. The molecule has 1 aliphatic rings. The van der Waals surface area contributed by atoms with Crippen molar-refractivity contribution in [3.63, 3.8) is 0 Å². The highest BCUT2D eigenvalue weighted by atomic mass is 19.1. The van der Waals surface area contributed by atoms with Crippen molar-refractivity contribution >= 4 is 18.0 Å². The summed E-state index contributed by atoms with van der Waals surface area (Å²) >= 11 is 0. The maximum atomic E-state index is 13.4. The number of carbonyl (C=O) groups excluding carboxylic acids is 2. The minimum atomic E-state index is -0.295. The molecule has 1 aromatic rings. The Morgan fingerprint density at radius 3 is 2.76 bits per heavy atom. The van der Waals surface area contributed by atoms with Crippen LogP contribution in [0, 0.1) is 5.82 Å². The molecule has 0 saturated carbocycles. The summed E-state index contributed by atoms with van der Waals surface area (Å²) < 4.78 is 18.7. The fraction of sp³-hybridized carbons (Fsp3) is 0.524. The highest BCUT2D eigenvalue weighted by Gasteiger charge is 2.21. The number of rotatable bonds is 10. The number of nitrogens with zero attached hydrogens (tertiary/aromatic N) is 2. The van der Waals surface area contributed by atoms with Crippen molar-refractivity contribution in [2.45, 2.75) is 32.2 Å². The largest absolute Gasteiger partial charge is 0.494 e. The number of amides is 2. The molecule has 1 fully saturated rings. The third kappa shape index (κ3) is 6.74. The first kappa shape index (κ1) is 22.7. The summed E-state index contributed by atoms with van der Waals surface area (Å²) in [6.45, 7) is 4.91. The van der Waals surface area contributed by atoms with Gasteiger partial charge in [-0.05, 0) is 44.9 Å². The standard InChI is InChI=1S/C21H31FN4O3/c1-16(14-23-15-27)21(28)25(2)10-4-9-24-18-7-11-26(12-8-18)19-6-5-17(22)13-20(19)29-3/h5-6,13-15,18,24H,4,7-12H2,1-3H3,(H,23,27)/b16-14-. The van der Waals surface area contributed by atoms with Gasteiger partial charge in [-0.25, -0.2) is 4.39 Å². The second-order valence-electron chi connectivity index (χ2n) is 7.22. The van der Waals surface area contributed by atoms with Crippen molar-refractivity contribution in [2.24, 2.45) is 0 Å². The van der Waals surface area contributed by atoms with Crippen LogP contribution in [0.5, 0.6) is 5.75 Å². The Morgan fingerprint density at radius 1 is 1.38 bits per heavy atom. The van der Waals surface area contributed by atoms with Crippen LogP contribution in [0.2, 0.25) is 0 Å². The maximum absolute atomic E-state index is 13.4. The van der Waals surface area contributed by atoms with Crippen molar-refractivity contribution in [3.05, 3.63) is 35.8 Å². The molecule has 1 aromatic carbocycles. The summed E-state index contributed by atoms with van der Waals surface area (Å²) in [4.78, 5) is 26.3. The number of ether oxygens (including phenoxy) is 1. The van der Waals surface area contributed by atoms with Gasteiger partial charge in [-0.3, -0.25) is 9.59 Å². The number of hydrogen-bond acceptors (Lipinski definition) is 5. The summed E-state index contributed by atoms with van der Waals surface area (Å²) in [7, 11) is 3.32. The van der Waals surface area contributed by atoms with E-state index in [0.717, 1.165) is 44.6 Å². The topological polar surface area (TPSA) is 73.9 Å². The normalized spacial score (nSPS) is 15.2. The first-order valence-corrected chi connectivity index (χ1v) is 9.90. The Balaban J connectivity index is 1.70. The van der Waals surface area contributed by atoms with E-state index in [1.165, 1.54) is 18.3 Å². The lowest BCUT2D eigenvalue weighted by atomic mass is 10.0. The molecule has 1 heterocycles. The number of hydrogen-bond donors (Lipinski definition) is 2. The lowest BCUT2D eigenvalue weighted by molar-refractivity contribution is -0.125. The second kappa shape index (κ2) is 11.4. The van der Waals surface area contributed by atoms with Gasteiger partial charge in [-0.1, -0.05) is 0 Å². The molecule has 1 aliphatic heterocycles. The fourth-order valence-corrected chi connectivity index (χ4v) is 3.48. The van der Waals surface area contributed by atoms with Crippen LogP contribution in [0.15, 0.2) is 30.0 Å². The van der Waals surface area contributed by atoms with Gasteiger partial charge in [-0.15, -0.1) is 0 Å². The molecule has 8 heteroatoms. The van der Waals surface area contributed by atoms with Crippen molar-refractivity contribution in [3.8, 4) is 5.75 Å². The van der Waals surface area contributed by atoms with Gasteiger partial charge in [0, 0.05) is 50.6 Å². The summed E-state index contributed by atoms with van der Waals surface area (Å²) in [5.41, 5.74) is 1.43. The molecule has 0 radical (unpaired) electrons. The number of likely N-dealkylation sites (N-methyl/N-ethyl adjacent to an activating group) is 1. The van der Waals surface area contributed by atoms with Crippen LogP contribution in [0.4, 0.5) is 10.1 Å². The van der Waals surface area contributed by atoms with Crippen LogP contribution in [0.3, 0.4) is 0 Å². The van der Waals surface area contributed by atoms with E-state index in [2.05, 4.69) is 15.5 Å². The summed E-state index contributed by atoms with van der Waals surface area (Å²) in [5.74, 6) is 0.175.